The summed E-state index contributed by atoms with van der Waals surface area (Å²) in [5, 5.41) is 23.5. The van der Waals surface area contributed by atoms with Crippen LogP contribution in [0.4, 0.5) is 18.9 Å². The second-order valence-corrected chi connectivity index (χ2v) is 9.72. The molecule has 2 rings (SSSR count). The summed E-state index contributed by atoms with van der Waals surface area (Å²) in [6, 6.07) is 3.75. The standard InChI is InChI=1S/C23H34N6O6.C2HF3O2/c1-13(2)11-17(22(33)26-14(3)20(31)28-35)27-23(34)18-9-6-10-29(18)19(30)12-25-21(32)15-7-4-5-8-16(15)24;3-2(4,5)1(6)7/h4-5,7-8,13-14,17-18,35H,6,9-12,24H2,1-3H3,(H,25,32)(H,26,33)(H,27,34)(H,28,31);(H,6,7)/t14-,17-,18+;/m1./s1. The molecule has 42 heavy (non-hydrogen) atoms. The van der Waals surface area contributed by atoms with Crippen molar-refractivity contribution < 1.29 is 52.3 Å². The van der Waals surface area contributed by atoms with Crippen LogP contribution in [-0.4, -0.2) is 88.1 Å². The molecule has 1 saturated heterocycles. The number of carboxylic acids is 1. The molecular weight excluding hydrogens is 569 g/mol. The summed E-state index contributed by atoms with van der Waals surface area (Å²) in [5.74, 6) is -5.49. The number of nitrogen functional groups attached to an aromatic ring is 1. The van der Waals surface area contributed by atoms with Crippen LogP contribution in [0.15, 0.2) is 24.3 Å². The molecule has 0 aliphatic carbocycles. The Kier molecular flexibility index (Phi) is 13.7. The molecule has 1 aromatic carbocycles. The maximum absolute atomic E-state index is 13.0. The number of aliphatic carboxylic acids is 1. The van der Waals surface area contributed by atoms with Crippen LogP contribution >= 0.6 is 0 Å². The third-order valence-electron chi connectivity index (χ3n) is 5.93. The highest BCUT2D eigenvalue weighted by molar-refractivity contribution is 6.01. The molecule has 1 aromatic rings. The first-order valence-electron chi connectivity index (χ1n) is 12.8. The average Bonchev–Trinajstić information content (AvgIpc) is 3.40. The van der Waals surface area contributed by atoms with Gasteiger partial charge < -0.3 is 31.7 Å². The molecule has 0 saturated carbocycles. The number of anilines is 1. The van der Waals surface area contributed by atoms with Gasteiger partial charge in [0.05, 0.1) is 12.1 Å². The quantitative estimate of drug-likeness (QED) is 0.110. The van der Waals surface area contributed by atoms with Gasteiger partial charge in [-0.2, -0.15) is 13.2 Å². The number of hydroxylamine groups is 1. The minimum absolute atomic E-state index is 0.0509. The Labute approximate surface area is 239 Å². The number of alkyl halides is 3. The van der Waals surface area contributed by atoms with Gasteiger partial charge in [-0.3, -0.25) is 29.2 Å². The van der Waals surface area contributed by atoms with Gasteiger partial charge >= 0.3 is 12.1 Å². The molecule has 0 aromatic heterocycles. The number of halogens is 3. The Balaban J connectivity index is 0.00000112. The highest BCUT2D eigenvalue weighted by atomic mass is 19.4. The molecule has 0 unspecified atom stereocenters. The molecule has 5 amide bonds. The monoisotopic (exact) mass is 604 g/mol. The number of carbonyl (C=O) groups is 6. The molecule has 14 nitrogen and oxygen atoms in total. The summed E-state index contributed by atoms with van der Waals surface area (Å²) < 4.78 is 31.7. The number of hydrogen-bond acceptors (Lipinski definition) is 8. The van der Waals surface area contributed by atoms with Crippen molar-refractivity contribution in [2.45, 2.75) is 64.3 Å². The fourth-order valence-corrected chi connectivity index (χ4v) is 3.84. The molecule has 8 N–H and O–H groups in total. The van der Waals surface area contributed by atoms with Gasteiger partial charge in [-0.25, -0.2) is 10.3 Å². The first-order chi connectivity index (χ1) is 19.5. The fourth-order valence-electron chi connectivity index (χ4n) is 3.84. The summed E-state index contributed by atoms with van der Waals surface area (Å²) in [6.45, 7) is 5.19. The second kappa shape index (κ2) is 16.1. The van der Waals surface area contributed by atoms with E-state index in [1.54, 1.807) is 24.3 Å². The van der Waals surface area contributed by atoms with E-state index in [2.05, 4.69) is 16.0 Å². The summed E-state index contributed by atoms with van der Waals surface area (Å²) in [5.41, 5.74) is 7.80. The summed E-state index contributed by atoms with van der Waals surface area (Å²) in [4.78, 5) is 72.7. The molecule has 234 valence electrons. The van der Waals surface area contributed by atoms with Gasteiger partial charge in [0.1, 0.15) is 18.1 Å². The maximum atomic E-state index is 13.0. The van der Waals surface area contributed by atoms with Crippen molar-refractivity contribution in [3.63, 3.8) is 0 Å². The zero-order chi connectivity index (χ0) is 32.2. The largest absolute Gasteiger partial charge is 0.490 e. The number of amides is 5. The molecular formula is C25H35F3N6O8. The van der Waals surface area contributed by atoms with Crippen LogP contribution in [-0.2, 0) is 24.0 Å². The Morgan fingerprint density at radius 2 is 1.64 bits per heavy atom. The van der Waals surface area contributed by atoms with Crippen molar-refractivity contribution >= 4 is 41.2 Å². The van der Waals surface area contributed by atoms with Gasteiger partial charge in [0.25, 0.3) is 11.8 Å². The number of carboxylic acid groups (broad SMARTS) is 1. The van der Waals surface area contributed by atoms with Crippen molar-refractivity contribution in [1.29, 1.82) is 0 Å². The first kappa shape index (κ1) is 35.6. The minimum atomic E-state index is -5.08. The second-order valence-electron chi connectivity index (χ2n) is 9.72. The molecule has 1 heterocycles. The van der Waals surface area contributed by atoms with Crippen LogP contribution in [0.1, 0.15) is 50.4 Å². The summed E-state index contributed by atoms with van der Waals surface area (Å²) in [6.07, 6.45) is -3.77. The lowest BCUT2D eigenvalue weighted by Crippen LogP contribution is -2.56. The highest BCUT2D eigenvalue weighted by Gasteiger charge is 2.38. The van der Waals surface area contributed by atoms with E-state index < -0.39 is 59.8 Å². The highest BCUT2D eigenvalue weighted by Crippen LogP contribution is 2.19. The van der Waals surface area contributed by atoms with E-state index in [4.69, 9.17) is 20.8 Å². The van der Waals surface area contributed by atoms with E-state index in [0.29, 0.717) is 25.8 Å². The Morgan fingerprint density at radius 1 is 1.05 bits per heavy atom. The SMILES string of the molecule is CC(C)C[C@@H](NC(=O)[C@@H]1CCCN1C(=O)CNC(=O)c1ccccc1N)C(=O)N[C@H](C)C(=O)NO.O=C(O)C(F)(F)F. The van der Waals surface area contributed by atoms with Crippen LogP contribution in [0, 0.1) is 5.92 Å². The molecule has 0 bridgehead atoms. The summed E-state index contributed by atoms with van der Waals surface area (Å²) >= 11 is 0. The van der Waals surface area contributed by atoms with Gasteiger partial charge in [-0.1, -0.05) is 26.0 Å². The summed E-state index contributed by atoms with van der Waals surface area (Å²) in [7, 11) is 0. The van der Waals surface area contributed by atoms with E-state index in [1.807, 2.05) is 13.8 Å². The average molecular weight is 605 g/mol. The van der Waals surface area contributed by atoms with Crippen LogP contribution in [0.5, 0.6) is 0 Å². The van der Waals surface area contributed by atoms with Crippen LogP contribution in [0.2, 0.25) is 0 Å². The molecule has 1 aliphatic rings. The van der Waals surface area contributed by atoms with Gasteiger partial charge in [0, 0.05) is 12.2 Å². The number of benzene rings is 1. The van der Waals surface area contributed by atoms with E-state index >= 15 is 0 Å². The van der Waals surface area contributed by atoms with E-state index in [9.17, 15) is 37.1 Å². The number of rotatable bonds is 10. The third kappa shape index (κ3) is 11.2. The number of para-hydroxylation sites is 1. The fraction of sp³-hybridized carbons (Fsp3) is 0.520. The molecule has 17 heteroatoms. The lowest BCUT2D eigenvalue weighted by Gasteiger charge is -2.27. The predicted molar refractivity (Wildman–Crippen MR) is 141 cm³/mol. The zero-order valence-electron chi connectivity index (χ0n) is 23.2. The van der Waals surface area contributed by atoms with Gasteiger partial charge in [-0.05, 0) is 44.2 Å². The van der Waals surface area contributed by atoms with Crippen LogP contribution in [0.25, 0.3) is 0 Å². The Morgan fingerprint density at radius 3 is 2.17 bits per heavy atom. The van der Waals surface area contributed by atoms with Crippen molar-refractivity contribution in [3.05, 3.63) is 29.8 Å². The smallest absolute Gasteiger partial charge is 0.475 e. The van der Waals surface area contributed by atoms with Crippen LogP contribution in [0.3, 0.4) is 0 Å². The lowest BCUT2D eigenvalue weighted by atomic mass is 10.0. The van der Waals surface area contributed by atoms with E-state index in [1.165, 1.54) is 17.3 Å². The maximum Gasteiger partial charge on any atom is 0.490 e. The number of likely N-dealkylation sites (tertiary alicyclic amines) is 1. The molecule has 1 aliphatic heterocycles. The first-order valence-corrected chi connectivity index (χ1v) is 12.8. The van der Waals surface area contributed by atoms with Crippen LogP contribution < -0.4 is 27.2 Å². The van der Waals surface area contributed by atoms with Gasteiger partial charge in [-0.15, -0.1) is 0 Å². The number of hydrogen-bond donors (Lipinski definition) is 7. The number of nitrogens with zero attached hydrogens (tertiary/aromatic N) is 1. The molecule has 1 fully saturated rings. The number of nitrogens with two attached hydrogens (primary N) is 1. The van der Waals surface area contributed by atoms with Crippen molar-refractivity contribution in [2.75, 3.05) is 18.8 Å². The number of nitrogens with one attached hydrogen (secondary N) is 4. The Bertz CT molecular complexity index is 1150. The van der Waals surface area contributed by atoms with Gasteiger partial charge in [0.15, 0.2) is 0 Å². The molecule has 0 radical (unpaired) electrons. The molecule has 3 atom stereocenters. The number of carbonyl (C=O) groups excluding carboxylic acids is 5. The topological polar surface area (TPSA) is 220 Å². The van der Waals surface area contributed by atoms with E-state index in [-0.39, 0.29) is 23.7 Å². The van der Waals surface area contributed by atoms with Crippen molar-refractivity contribution in [1.82, 2.24) is 26.3 Å². The minimum Gasteiger partial charge on any atom is -0.475 e. The van der Waals surface area contributed by atoms with Crippen molar-refractivity contribution in [2.24, 2.45) is 5.92 Å². The predicted octanol–water partition coefficient (Wildman–Crippen LogP) is 0.164. The van der Waals surface area contributed by atoms with Crippen molar-refractivity contribution in [3.8, 4) is 0 Å². The Hall–Kier alpha value is -4.41. The van der Waals surface area contributed by atoms with Gasteiger partial charge in [0.2, 0.25) is 17.7 Å². The zero-order valence-corrected chi connectivity index (χ0v) is 23.2. The third-order valence-corrected chi connectivity index (χ3v) is 5.93. The lowest BCUT2D eigenvalue weighted by molar-refractivity contribution is -0.192. The normalized spacial score (nSPS) is 15.9. The van der Waals surface area contributed by atoms with E-state index in [0.717, 1.165) is 0 Å². The molecule has 0 spiro atoms.